The molecule has 0 radical (unpaired) electrons. The maximum Gasteiger partial charge on any atom is 0.0976 e. The van der Waals surface area contributed by atoms with Gasteiger partial charge in [0.15, 0.2) is 0 Å². The predicted octanol–water partition coefficient (Wildman–Crippen LogP) is 0.269. The first kappa shape index (κ1) is 8.66. The molecule has 1 aliphatic heterocycles. The van der Waals surface area contributed by atoms with E-state index < -0.39 is 11.0 Å². The standard InChI is InChI=1S/C8H15NO2S/c10-7-5-9(6-7)12(11)8-3-1-2-4-8/h7-8,10H,1-6H2. The summed E-state index contributed by atoms with van der Waals surface area (Å²) in [5.41, 5.74) is 0. The highest BCUT2D eigenvalue weighted by Gasteiger charge is 2.34. The van der Waals surface area contributed by atoms with Crippen LogP contribution in [0.25, 0.3) is 0 Å². The van der Waals surface area contributed by atoms with E-state index in [1.54, 1.807) is 0 Å². The smallest absolute Gasteiger partial charge is 0.0976 e. The fourth-order valence-electron chi connectivity index (χ4n) is 1.86. The molecule has 2 fully saturated rings. The Morgan fingerprint density at radius 1 is 1.25 bits per heavy atom. The Kier molecular flexibility index (Phi) is 2.48. The molecule has 0 amide bonds. The molecule has 2 rings (SSSR count). The zero-order chi connectivity index (χ0) is 8.55. The molecule has 0 aromatic rings. The van der Waals surface area contributed by atoms with E-state index in [9.17, 15) is 4.21 Å². The summed E-state index contributed by atoms with van der Waals surface area (Å²) in [4.78, 5) is 0. The summed E-state index contributed by atoms with van der Waals surface area (Å²) in [6.45, 7) is 1.23. The molecular weight excluding hydrogens is 174 g/mol. The molecule has 2 aliphatic rings. The first-order chi connectivity index (χ1) is 5.77. The Hall–Kier alpha value is 0.0700. The topological polar surface area (TPSA) is 40.5 Å². The lowest BCUT2D eigenvalue weighted by molar-refractivity contribution is 0.0577. The highest BCUT2D eigenvalue weighted by atomic mass is 32.2. The Bertz CT molecular complexity index is 185. The van der Waals surface area contributed by atoms with Crippen molar-refractivity contribution in [3.05, 3.63) is 0 Å². The van der Waals surface area contributed by atoms with Crippen molar-refractivity contribution in [1.29, 1.82) is 0 Å². The molecule has 1 saturated carbocycles. The zero-order valence-electron chi connectivity index (χ0n) is 7.11. The summed E-state index contributed by atoms with van der Waals surface area (Å²) in [7, 11) is -0.801. The van der Waals surface area contributed by atoms with Crippen molar-refractivity contribution in [2.45, 2.75) is 37.0 Å². The van der Waals surface area contributed by atoms with Gasteiger partial charge in [0.05, 0.1) is 17.1 Å². The molecule has 0 aromatic carbocycles. The minimum Gasteiger partial charge on any atom is -0.390 e. The van der Waals surface area contributed by atoms with Crippen molar-refractivity contribution < 1.29 is 9.32 Å². The molecule has 70 valence electrons. The van der Waals surface area contributed by atoms with Crippen molar-refractivity contribution in [2.75, 3.05) is 13.1 Å². The molecule has 1 N–H and O–H groups in total. The van der Waals surface area contributed by atoms with E-state index in [4.69, 9.17) is 5.11 Å². The molecule has 12 heavy (non-hydrogen) atoms. The first-order valence-corrected chi connectivity index (χ1v) is 5.78. The van der Waals surface area contributed by atoms with Crippen LogP contribution < -0.4 is 0 Å². The van der Waals surface area contributed by atoms with E-state index in [0.29, 0.717) is 18.3 Å². The van der Waals surface area contributed by atoms with Crippen molar-refractivity contribution >= 4 is 11.0 Å². The first-order valence-electron chi connectivity index (χ1n) is 4.61. The largest absolute Gasteiger partial charge is 0.390 e. The Balaban J connectivity index is 1.83. The molecular formula is C8H15NO2S. The zero-order valence-corrected chi connectivity index (χ0v) is 7.92. The molecule has 4 heteroatoms. The summed E-state index contributed by atoms with van der Waals surface area (Å²) in [5.74, 6) is 0. The number of aliphatic hydroxyl groups is 1. The molecule has 0 aromatic heterocycles. The summed E-state index contributed by atoms with van der Waals surface area (Å²) in [5, 5.41) is 9.42. The summed E-state index contributed by atoms with van der Waals surface area (Å²) >= 11 is 0. The maximum absolute atomic E-state index is 11.7. The van der Waals surface area contributed by atoms with Crippen LogP contribution >= 0.6 is 0 Å². The molecule has 1 unspecified atom stereocenters. The van der Waals surface area contributed by atoms with E-state index in [-0.39, 0.29) is 6.10 Å². The number of β-amino-alcohol motifs (C(OH)–C–C–N with tert-alkyl or cyclic N) is 1. The lowest BCUT2D eigenvalue weighted by atomic mass is 10.2. The Morgan fingerprint density at radius 3 is 2.33 bits per heavy atom. The third-order valence-electron chi connectivity index (χ3n) is 2.67. The van der Waals surface area contributed by atoms with Crippen LogP contribution in [-0.2, 0) is 11.0 Å². The second-order valence-electron chi connectivity index (χ2n) is 3.68. The van der Waals surface area contributed by atoms with Gasteiger partial charge < -0.3 is 5.11 Å². The number of aliphatic hydroxyl groups excluding tert-OH is 1. The van der Waals surface area contributed by atoms with Crippen LogP contribution in [0.15, 0.2) is 0 Å². The van der Waals surface area contributed by atoms with E-state index in [0.717, 1.165) is 12.8 Å². The van der Waals surface area contributed by atoms with E-state index in [1.807, 2.05) is 4.31 Å². The van der Waals surface area contributed by atoms with Crippen LogP contribution in [-0.4, -0.2) is 38.1 Å². The van der Waals surface area contributed by atoms with Gasteiger partial charge in [-0.25, -0.2) is 8.51 Å². The van der Waals surface area contributed by atoms with Crippen LogP contribution in [0.5, 0.6) is 0 Å². The van der Waals surface area contributed by atoms with E-state index in [1.165, 1.54) is 12.8 Å². The van der Waals surface area contributed by atoms with Crippen LogP contribution in [0.1, 0.15) is 25.7 Å². The second-order valence-corrected chi connectivity index (χ2v) is 5.42. The highest BCUT2D eigenvalue weighted by molar-refractivity contribution is 7.83. The molecule has 0 spiro atoms. The van der Waals surface area contributed by atoms with E-state index >= 15 is 0 Å². The van der Waals surface area contributed by atoms with Gasteiger partial charge in [0.1, 0.15) is 0 Å². The Morgan fingerprint density at radius 2 is 1.83 bits per heavy atom. The molecule has 3 nitrogen and oxygen atoms in total. The van der Waals surface area contributed by atoms with Crippen LogP contribution in [0, 0.1) is 0 Å². The number of hydrogen-bond donors (Lipinski definition) is 1. The van der Waals surface area contributed by atoms with Gasteiger partial charge in [-0.05, 0) is 12.8 Å². The maximum atomic E-state index is 11.7. The lowest BCUT2D eigenvalue weighted by Gasteiger charge is -2.35. The quantitative estimate of drug-likeness (QED) is 0.677. The van der Waals surface area contributed by atoms with Gasteiger partial charge in [0.2, 0.25) is 0 Å². The van der Waals surface area contributed by atoms with Gasteiger partial charge >= 0.3 is 0 Å². The Labute approximate surface area is 75.3 Å². The number of hydrogen-bond acceptors (Lipinski definition) is 2. The normalized spacial score (nSPS) is 30.4. The van der Waals surface area contributed by atoms with Crippen LogP contribution in [0.4, 0.5) is 0 Å². The average molecular weight is 189 g/mol. The minimum atomic E-state index is -0.801. The predicted molar refractivity (Wildman–Crippen MR) is 48.0 cm³/mol. The third-order valence-corrected chi connectivity index (χ3v) is 4.52. The summed E-state index contributed by atoms with van der Waals surface area (Å²) in [6, 6.07) is 0. The number of rotatable bonds is 2. The van der Waals surface area contributed by atoms with Crippen LogP contribution in [0.3, 0.4) is 0 Å². The average Bonchev–Trinajstić information content (AvgIpc) is 2.49. The highest BCUT2D eigenvalue weighted by Crippen LogP contribution is 2.26. The molecule has 0 bridgehead atoms. The van der Waals surface area contributed by atoms with Gasteiger partial charge in [0.25, 0.3) is 0 Å². The molecule has 1 heterocycles. The van der Waals surface area contributed by atoms with Crippen molar-refractivity contribution in [3.8, 4) is 0 Å². The molecule has 1 saturated heterocycles. The second kappa shape index (κ2) is 3.44. The van der Waals surface area contributed by atoms with Crippen molar-refractivity contribution in [3.63, 3.8) is 0 Å². The van der Waals surface area contributed by atoms with Gasteiger partial charge in [-0.15, -0.1) is 0 Å². The van der Waals surface area contributed by atoms with Crippen LogP contribution in [0.2, 0.25) is 0 Å². The van der Waals surface area contributed by atoms with Crippen molar-refractivity contribution in [2.24, 2.45) is 0 Å². The number of nitrogens with zero attached hydrogens (tertiary/aromatic N) is 1. The van der Waals surface area contributed by atoms with Gasteiger partial charge in [-0.1, -0.05) is 12.8 Å². The monoisotopic (exact) mass is 189 g/mol. The fraction of sp³-hybridized carbons (Fsp3) is 1.00. The van der Waals surface area contributed by atoms with Gasteiger partial charge in [-0.3, -0.25) is 0 Å². The van der Waals surface area contributed by atoms with Crippen molar-refractivity contribution in [1.82, 2.24) is 4.31 Å². The van der Waals surface area contributed by atoms with E-state index in [2.05, 4.69) is 0 Å². The lowest BCUT2D eigenvalue weighted by Crippen LogP contribution is -2.53. The molecule has 1 atom stereocenters. The summed E-state index contributed by atoms with van der Waals surface area (Å²) < 4.78 is 13.6. The molecule has 1 aliphatic carbocycles. The summed E-state index contributed by atoms with van der Waals surface area (Å²) in [6.07, 6.45) is 4.45. The third kappa shape index (κ3) is 1.56. The van der Waals surface area contributed by atoms with Gasteiger partial charge in [0, 0.05) is 18.3 Å². The van der Waals surface area contributed by atoms with Gasteiger partial charge in [-0.2, -0.15) is 0 Å². The SMILES string of the molecule is O=S(C1CCCC1)N1CC(O)C1. The minimum absolute atomic E-state index is 0.227. The fourth-order valence-corrected chi connectivity index (χ4v) is 3.66.